The molecular formula is C10H17N3. The van der Waals surface area contributed by atoms with Crippen molar-refractivity contribution in [2.45, 2.75) is 38.8 Å². The van der Waals surface area contributed by atoms with Crippen LogP contribution in [0.4, 0.5) is 0 Å². The van der Waals surface area contributed by atoms with E-state index in [1.807, 2.05) is 10.9 Å². The summed E-state index contributed by atoms with van der Waals surface area (Å²) in [7, 11) is 0. The number of hydrogen-bond donors (Lipinski definition) is 1. The molecule has 0 radical (unpaired) electrons. The van der Waals surface area contributed by atoms with E-state index in [0.717, 1.165) is 6.54 Å². The summed E-state index contributed by atoms with van der Waals surface area (Å²) in [4.78, 5) is 0. The second kappa shape index (κ2) is 3.50. The minimum atomic E-state index is 0.217. The van der Waals surface area contributed by atoms with Gasteiger partial charge in [-0.1, -0.05) is 6.42 Å². The van der Waals surface area contributed by atoms with E-state index in [1.54, 1.807) is 0 Å². The third kappa shape index (κ3) is 1.61. The summed E-state index contributed by atoms with van der Waals surface area (Å²) >= 11 is 0. The third-order valence-corrected chi connectivity index (χ3v) is 3.02. The highest BCUT2D eigenvalue weighted by atomic mass is 15.3. The van der Waals surface area contributed by atoms with Crippen LogP contribution in [0.15, 0.2) is 12.4 Å². The summed E-state index contributed by atoms with van der Waals surface area (Å²) in [6, 6.07) is 0.217. The molecule has 3 nitrogen and oxygen atoms in total. The lowest BCUT2D eigenvalue weighted by Crippen LogP contribution is -2.26. The Hall–Kier alpha value is -0.830. The van der Waals surface area contributed by atoms with Crippen LogP contribution in [0.3, 0.4) is 0 Å². The van der Waals surface area contributed by atoms with Crippen molar-refractivity contribution in [2.75, 3.05) is 0 Å². The summed E-state index contributed by atoms with van der Waals surface area (Å²) in [5.41, 5.74) is 7.32. The first-order valence-electron chi connectivity index (χ1n) is 5.09. The van der Waals surface area contributed by atoms with Crippen LogP contribution in [0, 0.1) is 5.92 Å². The predicted molar refractivity (Wildman–Crippen MR) is 52.2 cm³/mol. The van der Waals surface area contributed by atoms with Gasteiger partial charge in [-0.3, -0.25) is 4.68 Å². The van der Waals surface area contributed by atoms with Gasteiger partial charge in [0.05, 0.1) is 6.20 Å². The zero-order valence-electron chi connectivity index (χ0n) is 8.11. The van der Waals surface area contributed by atoms with Gasteiger partial charge in [-0.05, 0) is 25.7 Å². The molecule has 0 aromatic carbocycles. The molecule has 2 N–H and O–H groups in total. The van der Waals surface area contributed by atoms with E-state index in [0.29, 0.717) is 5.92 Å². The molecular weight excluding hydrogens is 162 g/mol. The lowest BCUT2D eigenvalue weighted by atomic mass is 9.78. The molecule has 13 heavy (non-hydrogen) atoms. The zero-order valence-corrected chi connectivity index (χ0v) is 8.11. The number of hydrogen-bond acceptors (Lipinski definition) is 2. The molecule has 3 heteroatoms. The summed E-state index contributed by atoms with van der Waals surface area (Å²) in [5, 5.41) is 4.23. The van der Waals surface area contributed by atoms with Gasteiger partial charge in [0.2, 0.25) is 0 Å². The average Bonchev–Trinajstić information content (AvgIpc) is 2.48. The predicted octanol–water partition coefficient (Wildman–Crippen LogP) is 1.70. The van der Waals surface area contributed by atoms with Crippen LogP contribution in [0.1, 0.15) is 37.8 Å². The van der Waals surface area contributed by atoms with Gasteiger partial charge in [0.1, 0.15) is 0 Å². The van der Waals surface area contributed by atoms with E-state index in [1.165, 1.54) is 24.8 Å². The monoisotopic (exact) mass is 179 g/mol. The molecule has 0 aliphatic heterocycles. The Morgan fingerprint density at radius 3 is 2.92 bits per heavy atom. The third-order valence-electron chi connectivity index (χ3n) is 3.02. The highest BCUT2D eigenvalue weighted by Crippen LogP contribution is 2.35. The normalized spacial score (nSPS) is 19.8. The van der Waals surface area contributed by atoms with Gasteiger partial charge in [0.15, 0.2) is 0 Å². The Morgan fingerprint density at radius 2 is 2.46 bits per heavy atom. The van der Waals surface area contributed by atoms with E-state index >= 15 is 0 Å². The van der Waals surface area contributed by atoms with Crippen molar-refractivity contribution in [3.63, 3.8) is 0 Å². The number of rotatable bonds is 3. The van der Waals surface area contributed by atoms with Gasteiger partial charge in [-0.25, -0.2) is 0 Å². The van der Waals surface area contributed by atoms with Gasteiger partial charge in [0, 0.05) is 24.3 Å². The largest absolute Gasteiger partial charge is 0.324 e. The van der Waals surface area contributed by atoms with Gasteiger partial charge in [-0.15, -0.1) is 0 Å². The van der Waals surface area contributed by atoms with E-state index in [2.05, 4.69) is 18.2 Å². The first-order chi connectivity index (χ1) is 6.31. The molecule has 1 aromatic heterocycles. The smallest absolute Gasteiger partial charge is 0.0537 e. The SMILES string of the molecule is CCn1cc(C(N)C2CCC2)cn1. The summed E-state index contributed by atoms with van der Waals surface area (Å²) in [6.07, 6.45) is 7.91. The summed E-state index contributed by atoms with van der Waals surface area (Å²) < 4.78 is 1.94. The Balaban J connectivity index is 2.05. The molecule has 72 valence electrons. The van der Waals surface area contributed by atoms with Crippen molar-refractivity contribution in [1.82, 2.24) is 9.78 Å². The lowest BCUT2D eigenvalue weighted by Gasteiger charge is -2.30. The summed E-state index contributed by atoms with van der Waals surface area (Å²) in [5.74, 6) is 0.703. The second-order valence-electron chi connectivity index (χ2n) is 3.85. The number of aryl methyl sites for hydroxylation is 1. The summed E-state index contributed by atoms with van der Waals surface area (Å²) in [6.45, 7) is 3.02. The highest BCUT2D eigenvalue weighted by Gasteiger charge is 2.26. The van der Waals surface area contributed by atoms with Crippen molar-refractivity contribution in [3.05, 3.63) is 18.0 Å². The molecule has 0 amide bonds. The first kappa shape index (κ1) is 8.75. The van der Waals surface area contributed by atoms with E-state index in [-0.39, 0.29) is 6.04 Å². The standard InChI is InChI=1S/C10H17N3/c1-2-13-7-9(6-12-13)10(11)8-4-3-5-8/h6-8,10H,2-5,11H2,1H3. The van der Waals surface area contributed by atoms with Gasteiger partial charge >= 0.3 is 0 Å². The van der Waals surface area contributed by atoms with Crippen LogP contribution >= 0.6 is 0 Å². The van der Waals surface area contributed by atoms with Gasteiger partial charge in [-0.2, -0.15) is 5.10 Å². The molecule has 1 aromatic rings. The van der Waals surface area contributed by atoms with Crippen molar-refractivity contribution >= 4 is 0 Å². The first-order valence-corrected chi connectivity index (χ1v) is 5.09. The number of nitrogens with two attached hydrogens (primary N) is 1. The van der Waals surface area contributed by atoms with Crippen LogP contribution in [-0.4, -0.2) is 9.78 Å². The fourth-order valence-electron chi connectivity index (χ4n) is 1.80. The fraction of sp³-hybridized carbons (Fsp3) is 0.700. The van der Waals surface area contributed by atoms with Crippen molar-refractivity contribution in [1.29, 1.82) is 0 Å². The van der Waals surface area contributed by atoms with Crippen LogP contribution in [0.5, 0.6) is 0 Å². The van der Waals surface area contributed by atoms with Crippen LogP contribution in [0.25, 0.3) is 0 Å². The Labute approximate surface area is 78.9 Å². The van der Waals surface area contributed by atoms with E-state index in [4.69, 9.17) is 5.73 Å². The van der Waals surface area contributed by atoms with Crippen molar-refractivity contribution in [2.24, 2.45) is 11.7 Å². The van der Waals surface area contributed by atoms with Crippen molar-refractivity contribution < 1.29 is 0 Å². The van der Waals surface area contributed by atoms with Crippen LogP contribution in [0.2, 0.25) is 0 Å². The van der Waals surface area contributed by atoms with Crippen molar-refractivity contribution in [3.8, 4) is 0 Å². The molecule has 1 saturated carbocycles. The molecule has 1 heterocycles. The fourth-order valence-corrected chi connectivity index (χ4v) is 1.80. The maximum atomic E-state index is 6.11. The number of nitrogens with zero attached hydrogens (tertiary/aromatic N) is 2. The molecule has 1 atom stereocenters. The lowest BCUT2D eigenvalue weighted by molar-refractivity contribution is 0.264. The molecule has 0 saturated heterocycles. The maximum absolute atomic E-state index is 6.11. The van der Waals surface area contributed by atoms with E-state index < -0.39 is 0 Å². The van der Waals surface area contributed by atoms with Crippen LogP contribution < -0.4 is 5.73 Å². The molecule has 1 unspecified atom stereocenters. The number of aromatic nitrogens is 2. The topological polar surface area (TPSA) is 43.8 Å². The quantitative estimate of drug-likeness (QED) is 0.767. The Kier molecular flexibility index (Phi) is 2.36. The molecule has 0 spiro atoms. The van der Waals surface area contributed by atoms with E-state index in [9.17, 15) is 0 Å². The average molecular weight is 179 g/mol. The molecule has 0 bridgehead atoms. The highest BCUT2D eigenvalue weighted by molar-refractivity contribution is 5.11. The molecule has 1 fully saturated rings. The minimum Gasteiger partial charge on any atom is -0.324 e. The zero-order chi connectivity index (χ0) is 9.26. The van der Waals surface area contributed by atoms with Gasteiger partial charge in [0.25, 0.3) is 0 Å². The Morgan fingerprint density at radius 1 is 1.69 bits per heavy atom. The maximum Gasteiger partial charge on any atom is 0.0537 e. The molecule has 1 aliphatic rings. The van der Waals surface area contributed by atoms with Crippen LogP contribution in [-0.2, 0) is 6.54 Å². The molecule has 2 rings (SSSR count). The molecule has 1 aliphatic carbocycles. The minimum absolute atomic E-state index is 0.217. The Bertz CT molecular complexity index is 275. The van der Waals surface area contributed by atoms with Gasteiger partial charge < -0.3 is 5.73 Å². The second-order valence-corrected chi connectivity index (χ2v) is 3.85.